The lowest BCUT2D eigenvalue weighted by Crippen LogP contribution is -2.27. The van der Waals surface area contributed by atoms with Crippen LogP contribution in [0.3, 0.4) is 0 Å². The minimum Gasteiger partial charge on any atom is -0.326 e. The van der Waals surface area contributed by atoms with Crippen LogP contribution in [0.1, 0.15) is 12.5 Å². The Bertz CT molecular complexity index is 608. The van der Waals surface area contributed by atoms with E-state index in [1.165, 1.54) is 0 Å². The smallest absolute Gasteiger partial charge is 0.229 e. The van der Waals surface area contributed by atoms with Gasteiger partial charge in [-0.05, 0) is 36.2 Å². The minimum atomic E-state index is 0.0553. The quantitative estimate of drug-likeness (QED) is 0.899. The molecule has 1 saturated heterocycles. The summed E-state index contributed by atoms with van der Waals surface area (Å²) in [7, 11) is 0. The Kier molecular flexibility index (Phi) is 4.01. The van der Waals surface area contributed by atoms with Crippen molar-refractivity contribution >= 4 is 11.6 Å². The van der Waals surface area contributed by atoms with Crippen molar-refractivity contribution in [2.45, 2.75) is 13.5 Å². The zero-order valence-electron chi connectivity index (χ0n) is 12.1. The van der Waals surface area contributed by atoms with Gasteiger partial charge in [0.2, 0.25) is 5.91 Å². The van der Waals surface area contributed by atoms with Gasteiger partial charge in [-0.15, -0.1) is 0 Å². The molecule has 3 rings (SSSR count). The fraction of sp³-hybridized carbons (Fsp3) is 0.375. The number of benzene rings is 1. The topological polar surface area (TPSA) is 59.0 Å². The third-order valence-corrected chi connectivity index (χ3v) is 3.95. The number of anilines is 1. The van der Waals surface area contributed by atoms with Gasteiger partial charge in [0.15, 0.2) is 0 Å². The second-order valence-electron chi connectivity index (χ2n) is 5.64. The van der Waals surface area contributed by atoms with Crippen LogP contribution >= 0.6 is 0 Å². The van der Waals surface area contributed by atoms with Crippen molar-refractivity contribution in [3.05, 3.63) is 48.3 Å². The maximum absolute atomic E-state index is 12.3. The van der Waals surface area contributed by atoms with E-state index in [2.05, 4.69) is 22.7 Å². The summed E-state index contributed by atoms with van der Waals surface area (Å²) in [6.45, 7) is 4.49. The standard InChI is InChI=1S/C16H20N4O/c1-12-9-17-10-15(12)16(21)19-14-5-2-4-13(8-14)11-20-7-3-6-18-20/h2-8,12,15,17H,9-11H2,1H3,(H,19,21). The first-order valence-electron chi connectivity index (χ1n) is 7.30. The maximum atomic E-state index is 12.3. The van der Waals surface area contributed by atoms with Crippen LogP contribution in [0.2, 0.25) is 0 Å². The molecule has 1 fully saturated rings. The van der Waals surface area contributed by atoms with Gasteiger partial charge in [0.25, 0.3) is 0 Å². The lowest BCUT2D eigenvalue weighted by Gasteiger charge is -2.14. The molecule has 1 aromatic carbocycles. The van der Waals surface area contributed by atoms with Crippen LogP contribution < -0.4 is 10.6 Å². The molecule has 0 radical (unpaired) electrons. The fourth-order valence-electron chi connectivity index (χ4n) is 2.72. The summed E-state index contributed by atoms with van der Waals surface area (Å²) in [5.74, 6) is 0.542. The van der Waals surface area contributed by atoms with E-state index in [1.807, 2.05) is 41.2 Å². The first-order chi connectivity index (χ1) is 10.2. The van der Waals surface area contributed by atoms with Gasteiger partial charge >= 0.3 is 0 Å². The third kappa shape index (κ3) is 3.31. The molecule has 2 aromatic rings. The minimum absolute atomic E-state index is 0.0553. The second kappa shape index (κ2) is 6.10. The van der Waals surface area contributed by atoms with Gasteiger partial charge in [0.1, 0.15) is 0 Å². The number of nitrogens with zero attached hydrogens (tertiary/aromatic N) is 2. The van der Waals surface area contributed by atoms with Crippen LogP contribution in [0.5, 0.6) is 0 Å². The molecule has 5 heteroatoms. The Balaban J connectivity index is 1.67. The zero-order valence-corrected chi connectivity index (χ0v) is 12.1. The molecule has 1 amide bonds. The van der Waals surface area contributed by atoms with Crippen molar-refractivity contribution < 1.29 is 4.79 Å². The number of hydrogen-bond acceptors (Lipinski definition) is 3. The van der Waals surface area contributed by atoms with Crippen LogP contribution in [0, 0.1) is 11.8 Å². The Labute approximate surface area is 124 Å². The van der Waals surface area contributed by atoms with E-state index in [0.717, 1.165) is 24.3 Å². The number of amides is 1. The Morgan fingerprint density at radius 3 is 3.05 bits per heavy atom. The SMILES string of the molecule is CC1CNCC1C(=O)Nc1cccc(Cn2cccn2)c1. The van der Waals surface area contributed by atoms with Crippen LogP contribution in [-0.4, -0.2) is 28.8 Å². The molecule has 0 bridgehead atoms. The second-order valence-corrected chi connectivity index (χ2v) is 5.64. The molecule has 1 aliphatic heterocycles. The number of carbonyl (C=O) groups excluding carboxylic acids is 1. The van der Waals surface area contributed by atoms with Crippen molar-refractivity contribution in [1.29, 1.82) is 0 Å². The van der Waals surface area contributed by atoms with Gasteiger partial charge in [0.05, 0.1) is 12.5 Å². The van der Waals surface area contributed by atoms with E-state index < -0.39 is 0 Å². The van der Waals surface area contributed by atoms with E-state index >= 15 is 0 Å². The van der Waals surface area contributed by atoms with Crippen molar-refractivity contribution in [3.8, 4) is 0 Å². The van der Waals surface area contributed by atoms with Gasteiger partial charge in [-0.1, -0.05) is 19.1 Å². The summed E-state index contributed by atoms with van der Waals surface area (Å²) in [6.07, 6.45) is 3.69. The monoisotopic (exact) mass is 284 g/mol. The van der Waals surface area contributed by atoms with Gasteiger partial charge in [-0.2, -0.15) is 5.10 Å². The Morgan fingerprint density at radius 1 is 1.43 bits per heavy atom. The maximum Gasteiger partial charge on any atom is 0.229 e. The summed E-state index contributed by atoms with van der Waals surface area (Å²) >= 11 is 0. The molecule has 0 spiro atoms. The predicted molar refractivity (Wildman–Crippen MR) is 81.9 cm³/mol. The average Bonchev–Trinajstić information content (AvgIpc) is 3.10. The lowest BCUT2D eigenvalue weighted by atomic mass is 9.97. The third-order valence-electron chi connectivity index (χ3n) is 3.95. The molecule has 110 valence electrons. The molecule has 0 aliphatic carbocycles. The first-order valence-corrected chi connectivity index (χ1v) is 7.30. The average molecular weight is 284 g/mol. The van der Waals surface area contributed by atoms with Crippen LogP contribution in [-0.2, 0) is 11.3 Å². The van der Waals surface area contributed by atoms with E-state index in [4.69, 9.17) is 0 Å². The molecule has 2 unspecified atom stereocenters. The van der Waals surface area contributed by atoms with Crippen LogP contribution in [0.25, 0.3) is 0 Å². The summed E-state index contributed by atoms with van der Waals surface area (Å²) in [5.41, 5.74) is 1.97. The van der Waals surface area contributed by atoms with Gasteiger partial charge in [-0.25, -0.2) is 0 Å². The number of aromatic nitrogens is 2. The molecule has 2 atom stereocenters. The molecule has 2 N–H and O–H groups in total. The first kappa shape index (κ1) is 13.8. The molecule has 1 aromatic heterocycles. The van der Waals surface area contributed by atoms with Crippen LogP contribution in [0.4, 0.5) is 5.69 Å². The molecule has 5 nitrogen and oxygen atoms in total. The lowest BCUT2D eigenvalue weighted by molar-refractivity contribution is -0.120. The van der Waals surface area contributed by atoms with Crippen LogP contribution in [0.15, 0.2) is 42.7 Å². The Morgan fingerprint density at radius 2 is 2.33 bits per heavy atom. The molecule has 2 heterocycles. The van der Waals surface area contributed by atoms with E-state index in [1.54, 1.807) is 6.20 Å². The molecule has 21 heavy (non-hydrogen) atoms. The normalized spacial score (nSPS) is 21.4. The van der Waals surface area contributed by atoms with E-state index in [9.17, 15) is 4.79 Å². The summed E-state index contributed by atoms with van der Waals surface area (Å²) in [4.78, 5) is 12.3. The van der Waals surface area contributed by atoms with E-state index in [0.29, 0.717) is 12.5 Å². The molecular weight excluding hydrogens is 264 g/mol. The van der Waals surface area contributed by atoms with E-state index in [-0.39, 0.29) is 11.8 Å². The highest BCUT2D eigenvalue weighted by Gasteiger charge is 2.29. The zero-order chi connectivity index (χ0) is 14.7. The highest BCUT2D eigenvalue weighted by atomic mass is 16.1. The highest BCUT2D eigenvalue weighted by Crippen LogP contribution is 2.19. The largest absolute Gasteiger partial charge is 0.326 e. The Hall–Kier alpha value is -2.14. The molecule has 0 saturated carbocycles. The molecule has 1 aliphatic rings. The van der Waals surface area contributed by atoms with Crippen molar-refractivity contribution in [2.75, 3.05) is 18.4 Å². The van der Waals surface area contributed by atoms with Gasteiger partial charge in [0, 0.05) is 24.6 Å². The highest BCUT2D eigenvalue weighted by molar-refractivity contribution is 5.93. The van der Waals surface area contributed by atoms with Crippen molar-refractivity contribution in [2.24, 2.45) is 11.8 Å². The predicted octanol–water partition coefficient (Wildman–Crippen LogP) is 1.73. The summed E-state index contributed by atoms with van der Waals surface area (Å²) in [6, 6.07) is 9.84. The fourth-order valence-corrected chi connectivity index (χ4v) is 2.72. The van der Waals surface area contributed by atoms with Gasteiger partial charge < -0.3 is 10.6 Å². The summed E-state index contributed by atoms with van der Waals surface area (Å²) in [5, 5.41) is 10.5. The molecular formula is C16H20N4O. The number of hydrogen-bond donors (Lipinski definition) is 2. The van der Waals surface area contributed by atoms with Gasteiger partial charge in [-0.3, -0.25) is 9.48 Å². The summed E-state index contributed by atoms with van der Waals surface area (Å²) < 4.78 is 1.86. The number of nitrogens with one attached hydrogen (secondary N) is 2. The van der Waals surface area contributed by atoms with Crippen molar-refractivity contribution in [3.63, 3.8) is 0 Å². The number of carbonyl (C=O) groups is 1. The van der Waals surface area contributed by atoms with Crippen molar-refractivity contribution in [1.82, 2.24) is 15.1 Å². The number of rotatable bonds is 4.